The first kappa shape index (κ1) is 21.9. The third kappa shape index (κ3) is 4.37. The topological polar surface area (TPSA) is 129 Å². The van der Waals surface area contributed by atoms with Gasteiger partial charge in [0.1, 0.15) is 21.7 Å². The predicted molar refractivity (Wildman–Crippen MR) is 123 cm³/mol. The zero-order valence-corrected chi connectivity index (χ0v) is 18.0. The maximum Gasteiger partial charge on any atom is 0.349 e. The van der Waals surface area contributed by atoms with Gasteiger partial charge in [-0.05, 0) is 24.6 Å². The van der Waals surface area contributed by atoms with E-state index in [1.54, 1.807) is 42.6 Å². The Bertz CT molecular complexity index is 1450. The molecule has 10 heteroatoms. The summed E-state index contributed by atoms with van der Waals surface area (Å²) in [5.74, 6) is -1.46. The van der Waals surface area contributed by atoms with Crippen molar-refractivity contribution in [3.8, 4) is 11.1 Å². The molecule has 0 unspecified atom stereocenters. The third-order valence-corrected chi connectivity index (χ3v) is 5.65. The van der Waals surface area contributed by atoms with Gasteiger partial charge in [0.25, 0.3) is 11.6 Å². The van der Waals surface area contributed by atoms with Crippen LogP contribution in [0.25, 0.3) is 22.1 Å². The number of esters is 1. The largest absolute Gasteiger partial charge is 0.462 e. The molecule has 2 heterocycles. The van der Waals surface area contributed by atoms with Gasteiger partial charge in [0.2, 0.25) is 0 Å². The smallest absolute Gasteiger partial charge is 0.349 e. The molecular weight excluding hydrogens is 448 g/mol. The minimum absolute atomic E-state index is 0.0425. The number of ether oxygens (including phenoxy) is 1. The van der Waals surface area contributed by atoms with Gasteiger partial charge < -0.3 is 14.5 Å². The molecular formula is C23H16N2O7S. The van der Waals surface area contributed by atoms with Crippen LogP contribution in [0.5, 0.6) is 0 Å². The maximum atomic E-state index is 12.9. The number of nitro groups is 1. The van der Waals surface area contributed by atoms with E-state index in [2.05, 4.69) is 5.32 Å². The van der Waals surface area contributed by atoms with E-state index in [4.69, 9.17) is 9.15 Å². The summed E-state index contributed by atoms with van der Waals surface area (Å²) in [6, 6.07) is 13.9. The summed E-state index contributed by atoms with van der Waals surface area (Å²) in [4.78, 5) is 48.6. The molecule has 0 aliphatic rings. The zero-order chi connectivity index (χ0) is 23.5. The number of benzene rings is 2. The van der Waals surface area contributed by atoms with Crippen LogP contribution in [-0.2, 0) is 4.74 Å². The van der Waals surface area contributed by atoms with E-state index in [0.29, 0.717) is 22.1 Å². The number of hydrogen-bond acceptors (Lipinski definition) is 8. The van der Waals surface area contributed by atoms with Gasteiger partial charge in [0.15, 0.2) is 0 Å². The highest BCUT2D eigenvalue weighted by atomic mass is 32.1. The number of nitrogens with one attached hydrogen (secondary N) is 1. The van der Waals surface area contributed by atoms with Gasteiger partial charge in [-0.15, -0.1) is 11.3 Å². The van der Waals surface area contributed by atoms with Crippen LogP contribution in [-0.4, -0.2) is 23.4 Å². The van der Waals surface area contributed by atoms with Crippen molar-refractivity contribution in [2.24, 2.45) is 0 Å². The van der Waals surface area contributed by atoms with Gasteiger partial charge in [-0.25, -0.2) is 9.59 Å². The summed E-state index contributed by atoms with van der Waals surface area (Å²) in [7, 11) is 0. The van der Waals surface area contributed by atoms with Crippen molar-refractivity contribution in [3.05, 3.63) is 91.6 Å². The molecule has 33 heavy (non-hydrogen) atoms. The minimum atomic E-state index is -0.820. The van der Waals surface area contributed by atoms with Crippen LogP contribution in [0.3, 0.4) is 0 Å². The van der Waals surface area contributed by atoms with E-state index in [0.717, 1.165) is 11.3 Å². The van der Waals surface area contributed by atoms with E-state index >= 15 is 0 Å². The molecule has 0 bridgehead atoms. The van der Waals surface area contributed by atoms with Crippen molar-refractivity contribution in [3.63, 3.8) is 0 Å². The first-order valence-electron chi connectivity index (χ1n) is 9.76. The molecule has 0 saturated carbocycles. The minimum Gasteiger partial charge on any atom is -0.462 e. The van der Waals surface area contributed by atoms with Crippen molar-refractivity contribution < 1.29 is 23.7 Å². The van der Waals surface area contributed by atoms with E-state index in [1.807, 2.05) is 0 Å². The molecule has 4 aromatic rings. The van der Waals surface area contributed by atoms with Gasteiger partial charge in [0.05, 0.1) is 11.5 Å². The Morgan fingerprint density at radius 3 is 2.70 bits per heavy atom. The number of thiophene rings is 1. The number of para-hydroxylation sites is 1. The fraction of sp³-hybridized carbons (Fsp3) is 0.0870. The highest BCUT2D eigenvalue weighted by Gasteiger charge is 2.25. The Kier molecular flexibility index (Phi) is 6.01. The number of carbonyl (C=O) groups is 2. The number of non-ortho nitro benzene ring substituents is 1. The second-order valence-electron chi connectivity index (χ2n) is 6.82. The average Bonchev–Trinajstić information content (AvgIpc) is 3.22. The molecule has 2 aromatic carbocycles. The SMILES string of the molecule is CCOC(=O)c1c(-c2cccc([N+](=O)[O-])c2)csc1NC(=O)c1cc2ccccc2oc1=O. The molecule has 0 spiro atoms. The molecule has 9 nitrogen and oxygen atoms in total. The van der Waals surface area contributed by atoms with Crippen LogP contribution in [0, 0.1) is 10.1 Å². The van der Waals surface area contributed by atoms with Crippen molar-refractivity contribution in [1.29, 1.82) is 0 Å². The zero-order valence-electron chi connectivity index (χ0n) is 17.2. The van der Waals surface area contributed by atoms with Crippen LogP contribution < -0.4 is 10.9 Å². The molecule has 4 rings (SSSR count). The van der Waals surface area contributed by atoms with Crippen molar-refractivity contribution >= 4 is 44.9 Å². The summed E-state index contributed by atoms with van der Waals surface area (Å²) in [5, 5.41) is 16.0. The van der Waals surface area contributed by atoms with Crippen LogP contribution in [0.15, 0.2) is 69.2 Å². The van der Waals surface area contributed by atoms with E-state index in [-0.39, 0.29) is 28.4 Å². The van der Waals surface area contributed by atoms with Crippen LogP contribution >= 0.6 is 11.3 Å². The van der Waals surface area contributed by atoms with E-state index in [9.17, 15) is 24.5 Å². The fourth-order valence-electron chi connectivity index (χ4n) is 3.25. The molecule has 1 amide bonds. The summed E-state index contributed by atoms with van der Waals surface area (Å²) in [5.41, 5.74) is -0.0329. The van der Waals surface area contributed by atoms with Gasteiger partial charge in [-0.3, -0.25) is 14.9 Å². The predicted octanol–water partition coefficient (Wildman–Crippen LogP) is 4.86. The first-order chi connectivity index (χ1) is 15.9. The quantitative estimate of drug-likeness (QED) is 0.187. The molecule has 0 aliphatic heterocycles. The number of amides is 1. The van der Waals surface area contributed by atoms with Crippen molar-refractivity contribution in [2.75, 3.05) is 11.9 Å². The van der Waals surface area contributed by atoms with Crippen molar-refractivity contribution in [1.82, 2.24) is 0 Å². The van der Waals surface area contributed by atoms with Gasteiger partial charge >= 0.3 is 11.6 Å². The fourth-order valence-corrected chi connectivity index (χ4v) is 4.20. The highest BCUT2D eigenvalue weighted by molar-refractivity contribution is 7.15. The number of rotatable bonds is 6. The molecule has 2 aromatic heterocycles. The normalized spacial score (nSPS) is 10.7. The van der Waals surface area contributed by atoms with E-state index in [1.165, 1.54) is 24.3 Å². The van der Waals surface area contributed by atoms with Gasteiger partial charge in [0, 0.05) is 28.5 Å². The Morgan fingerprint density at radius 2 is 1.94 bits per heavy atom. The number of hydrogen-bond donors (Lipinski definition) is 1. The molecule has 0 atom stereocenters. The lowest BCUT2D eigenvalue weighted by molar-refractivity contribution is -0.384. The number of fused-ring (bicyclic) bond motifs is 1. The number of anilines is 1. The molecule has 1 N–H and O–H groups in total. The highest BCUT2D eigenvalue weighted by Crippen LogP contribution is 2.37. The Morgan fingerprint density at radius 1 is 1.15 bits per heavy atom. The summed E-state index contributed by atoms with van der Waals surface area (Å²) >= 11 is 1.04. The third-order valence-electron chi connectivity index (χ3n) is 4.75. The lowest BCUT2D eigenvalue weighted by Gasteiger charge is -2.09. The maximum absolute atomic E-state index is 12.9. The second-order valence-corrected chi connectivity index (χ2v) is 7.70. The summed E-state index contributed by atoms with van der Waals surface area (Å²) < 4.78 is 10.3. The van der Waals surface area contributed by atoms with E-state index < -0.39 is 22.4 Å². The second kappa shape index (κ2) is 9.05. The lowest BCUT2D eigenvalue weighted by atomic mass is 10.0. The lowest BCUT2D eigenvalue weighted by Crippen LogP contribution is -2.21. The monoisotopic (exact) mass is 464 g/mol. The number of nitrogens with zero attached hydrogens (tertiary/aromatic N) is 1. The van der Waals surface area contributed by atoms with Crippen LogP contribution in [0.2, 0.25) is 0 Å². The van der Waals surface area contributed by atoms with Gasteiger partial charge in [-0.1, -0.05) is 30.3 Å². The first-order valence-corrected chi connectivity index (χ1v) is 10.6. The number of nitro benzene ring substituents is 1. The average molecular weight is 464 g/mol. The molecule has 166 valence electrons. The molecule has 0 aliphatic carbocycles. The molecule has 0 saturated heterocycles. The number of carbonyl (C=O) groups excluding carboxylic acids is 2. The Hall–Kier alpha value is -4.31. The van der Waals surface area contributed by atoms with Crippen LogP contribution in [0.4, 0.5) is 10.7 Å². The standard InChI is InChI=1S/C23H16N2O7S/c1-2-31-23(28)19-17(13-7-5-8-15(10-13)25(29)30)12-33-21(19)24-20(26)16-11-14-6-3-4-9-18(14)32-22(16)27/h3-12H,2H2,1H3,(H,24,26). The van der Waals surface area contributed by atoms with Gasteiger partial charge in [-0.2, -0.15) is 0 Å². The molecule has 0 radical (unpaired) electrons. The Balaban J connectivity index is 1.75. The summed E-state index contributed by atoms with van der Waals surface area (Å²) in [6.07, 6.45) is 0. The van der Waals surface area contributed by atoms with Crippen LogP contribution in [0.1, 0.15) is 27.6 Å². The van der Waals surface area contributed by atoms with Crippen molar-refractivity contribution in [2.45, 2.75) is 6.92 Å². The summed E-state index contributed by atoms with van der Waals surface area (Å²) in [6.45, 7) is 1.72. The molecule has 0 fully saturated rings. The Labute approximate surface area is 190 Å².